The third kappa shape index (κ3) is 4.49. The minimum absolute atomic E-state index is 0.0868. The van der Waals surface area contributed by atoms with Crippen LogP contribution in [0.15, 0.2) is 65.9 Å². The van der Waals surface area contributed by atoms with Gasteiger partial charge in [0.2, 0.25) is 0 Å². The number of hydrogen-bond donors (Lipinski definition) is 1. The maximum absolute atomic E-state index is 13.2. The Morgan fingerprint density at radius 3 is 2.55 bits per heavy atom. The van der Waals surface area contributed by atoms with Gasteiger partial charge in [-0.3, -0.25) is 9.59 Å². The third-order valence-electron chi connectivity index (χ3n) is 5.94. The predicted octanol–water partition coefficient (Wildman–Crippen LogP) is 3.77. The van der Waals surface area contributed by atoms with Crippen molar-refractivity contribution in [3.63, 3.8) is 0 Å². The van der Waals surface area contributed by atoms with Crippen LogP contribution in [-0.4, -0.2) is 48.1 Å². The number of aryl methyl sites for hydroxylation is 1. The Morgan fingerprint density at radius 1 is 1.16 bits per heavy atom. The molecule has 1 fully saturated rings. The zero-order chi connectivity index (χ0) is 21.8. The monoisotopic (exact) mass is 421 g/mol. The SMILES string of the molecule is COc1ccc(C2C(C(=O)CCc3ccccc3)=C(O)C(=O)N2CC2CCCO2)cc1. The summed E-state index contributed by atoms with van der Waals surface area (Å²) in [6, 6.07) is 16.3. The normalized spacial score (nSPS) is 21.1. The summed E-state index contributed by atoms with van der Waals surface area (Å²) in [6.07, 6.45) is 2.48. The van der Waals surface area contributed by atoms with E-state index in [9.17, 15) is 14.7 Å². The molecular weight excluding hydrogens is 394 g/mol. The van der Waals surface area contributed by atoms with Gasteiger partial charge < -0.3 is 19.5 Å². The van der Waals surface area contributed by atoms with Gasteiger partial charge in [0, 0.05) is 19.6 Å². The van der Waals surface area contributed by atoms with E-state index in [1.54, 1.807) is 24.1 Å². The number of carbonyl (C=O) groups is 2. The van der Waals surface area contributed by atoms with E-state index < -0.39 is 17.7 Å². The van der Waals surface area contributed by atoms with Crippen LogP contribution in [0.4, 0.5) is 0 Å². The molecule has 31 heavy (non-hydrogen) atoms. The highest BCUT2D eigenvalue weighted by molar-refractivity contribution is 6.09. The molecule has 6 heteroatoms. The lowest BCUT2D eigenvalue weighted by Gasteiger charge is -2.29. The van der Waals surface area contributed by atoms with Gasteiger partial charge in [-0.1, -0.05) is 42.5 Å². The second kappa shape index (κ2) is 9.35. The van der Waals surface area contributed by atoms with Crippen molar-refractivity contribution in [3.8, 4) is 5.75 Å². The van der Waals surface area contributed by atoms with Gasteiger partial charge >= 0.3 is 0 Å². The molecule has 2 aliphatic heterocycles. The minimum Gasteiger partial charge on any atom is -0.503 e. The van der Waals surface area contributed by atoms with E-state index in [-0.39, 0.29) is 23.9 Å². The van der Waals surface area contributed by atoms with Crippen LogP contribution in [-0.2, 0) is 20.7 Å². The standard InChI is InChI=1S/C25H27NO5/c1-30-19-12-10-18(11-13-19)23-22(21(27)14-9-17-6-3-2-4-7-17)24(28)25(29)26(23)16-20-8-5-15-31-20/h2-4,6-7,10-13,20,23,28H,5,8-9,14-16H2,1H3. The lowest BCUT2D eigenvalue weighted by atomic mass is 9.93. The molecule has 0 bridgehead atoms. The van der Waals surface area contributed by atoms with Crippen LogP contribution >= 0.6 is 0 Å². The number of carbonyl (C=O) groups excluding carboxylic acids is 2. The van der Waals surface area contributed by atoms with Crippen LogP contribution in [0.25, 0.3) is 0 Å². The van der Waals surface area contributed by atoms with E-state index >= 15 is 0 Å². The number of rotatable bonds is 8. The minimum atomic E-state index is -0.633. The predicted molar refractivity (Wildman–Crippen MR) is 116 cm³/mol. The van der Waals surface area contributed by atoms with E-state index in [0.717, 1.165) is 24.0 Å². The molecule has 2 aliphatic rings. The van der Waals surface area contributed by atoms with Crippen molar-refractivity contribution in [1.82, 2.24) is 4.90 Å². The summed E-state index contributed by atoms with van der Waals surface area (Å²) in [4.78, 5) is 27.8. The quantitative estimate of drug-likeness (QED) is 0.702. The molecule has 2 heterocycles. The molecule has 0 aromatic heterocycles. The second-order valence-electron chi connectivity index (χ2n) is 7.94. The molecule has 4 rings (SSSR count). The Labute approximate surface area is 182 Å². The van der Waals surface area contributed by atoms with Gasteiger partial charge in [-0.2, -0.15) is 0 Å². The van der Waals surface area contributed by atoms with E-state index in [2.05, 4.69) is 0 Å². The molecule has 1 amide bonds. The highest BCUT2D eigenvalue weighted by atomic mass is 16.5. The molecular formula is C25H27NO5. The number of ketones is 1. The van der Waals surface area contributed by atoms with Crippen LogP contribution < -0.4 is 4.74 Å². The van der Waals surface area contributed by atoms with Gasteiger partial charge in [0.05, 0.1) is 24.8 Å². The molecule has 0 saturated carbocycles. The summed E-state index contributed by atoms with van der Waals surface area (Å²) in [5.41, 5.74) is 1.97. The van der Waals surface area contributed by atoms with Crippen molar-refractivity contribution < 1.29 is 24.2 Å². The number of Topliss-reactive ketones (excluding diaryl/α,β-unsaturated/α-hetero) is 1. The number of nitrogens with zero attached hydrogens (tertiary/aromatic N) is 1. The van der Waals surface area contributed by atoms with Crippen molar-refractivity contribution in [2.75, 3.05) is 20.3 Å². The summed E-state index contributed by atoms with van der Waals surface area (Å²) < 4.78 is 11.0. The van der Waals surface area contributed by atoms with E-state index in [0.29, 0.717) is 25.3 Å². The first-order valence-electron chi connectivity index (χ1n) is 10.6. The molecule has 0 aliphatic carbocycles. The molecule has 1 N–H and O–H groups in total. The van der Waals surface area contributed by atoms with Crippen molar-refractivity contribution >= 4 is 11.7 Å². The van der Waals surface area contributed by atoms with E-state index in [4.69, 9.17) is 9.47 Å². The molecule has 2 atom stereocenters. The average molecular weight is 421 g/mol. The summed E-state index contributed by atoms with van der Waals surface area (Å²) in [7, 11) is 1.59. The van der Waals surface area contributed by atoms with Gasteiger partial charge in [0.25, 0.3) is 5.91 Å². The zero-order valence-electron chi connectivity index (χ0n) is 17.6. The Kier molecular flexibility index (Phi) is 6.37. The first-order chi connectivity index (χ1) is 15.1. The topological polar surface area (TPSA) is 76.1 Å². The fraction of sp³-hybridized carbons (Fsp3) is 0.360. The largest absolute Gasteiger partial charge is 0.503 e. The number of amides is 1. The molecule has 6 nitrogen and oxygen atoms in total. The molecule has 2 unspecified atom stereocenters. The second-order valence-corrected chi connectivity index (χ2v) is 7.94. The fourth-order valence-electron chi connectivity index (χ4n) is 4.30. The van der Waals surface area contributed by atoms with Gasteiger partial charge in [0.1, 0.15) is 5.75 Å². The first-order valence-corrected chi connectivity index (χ1v) is 10.6. The summed E-state index contributed by atoms with van der Waals surface area (Å²) in [5.74, 6) is -0.495. The molecule has 1 saturated heterocycles. The molecule has 0 radical (unpaired) electrons. The van der Waals surface area contributed by atoms with Crippen molar-refractivity contribution in [1.29, 1.82) is 0 Å². The number of hydrogen-bond acceptors (Lipinski definition) is 5. The smallest absolute Gasteiger partial charge is 0.290 e. The van der Waals surface area contributed by atoms with Gasteiger partial charge in [-0.25, -0.2) is 0 Å². The average Bonchev–Trinajstić information content (AvgIpc) is 3.41. The number of aliphatic hydroxyl groups is 1. The van der Waals surface area contributed by atoms with Crippen LogP contribution in [0.2, 0.25) is 0 Å². The van der Waals surface area contributed by atoms with Crippen molar-refractivity contribution in [2.45, 2.75) is 37.8 Å². The molecule has 0 spiro atoms. The van der Waals surface area contributed by atoms with Crippen LogP contribution in [0.3, 0.4) is 0 Å². The number of benzene rings is 2. The summed E-state index contributed by atoms with van der Waals surface area (Å²) >= 11 is 0. The van der Waals surface area contributed by atoms with Crippen molar-refractivity contribution in [2.24, 2.45) is 0 Å². The first kappa shape index (κ1) is 21.1. The molecule has 2 aromatic rings. The highest BCUT2D eigenvalue weighted by Gasteiger charge is 2.44. The molecule has 162 valence electrons. The maximum atomic E-state index is 13.2. The molecule has 2 aromatic carbocycles. The Bertz CT molecular complexity index is 961. The van der Waals surface area contributed by atoms with Gasteiger partial charge in [-0.15, -0.1) is 0 Å². The van der Waals surface area contributed by atoms with Crippen LogP contribution in [0, 0.1) is 0 Å². The highest BCUT2D eigenvalue weighted by Crippen LogP contribution is 2.39. The van der Waals surface area contributed by atoms with E-state index in [1.165, 1.54) is 0 Å². The van der Waals surface area contributed by atoms with E-state index in [1.807, 2.05) is 42.5 Å². The maximum Gasteiger partial charge on any atom is 0.290 e. The summed E-state index contributed by atoms with van der Waals surface area (Å²) in [5, 5.41) is 10.7. The van der Waals surface area contributed by atoms with Gasteiger partial charge in [-0.05, 0) is 42.5 Å². The summed E-state index contributed by atoms with van der Waals surface area (Å²) in [6.45, 7) is 1.01. The Balaban J connectivity index is 1.62. The Hall–Kier alpha value is -3.12. The lowest BCUT2D eigenvalue weighted by molar-refractivity contribution is -0.131. The van der Waals surface area contributed by atoms with Gasteiger partial charge in [0.15, 0.2) is 11.5 Å². The Morgan fingerprint density at radius 2 is 1.90 bits per heavy atom. The van der Waals surface area contributed by atoms with Crippen LogP contribution in [0.1, 0.15) is 36.4 Å². The third-order valence-corrected chi connectivity index (χ3v) is 5.94. The fourth-order valence-corrected chi connectivity index (χ4v) is 4.30. The zero-order valence-corrected chi connectivity index (χ0v) is 17.6. The lowest BCUT2D eigenvalue weighted by Crippen LogP contribution is -2.37. The number of methoxy groups -OCH3 is 1. The van der Waals surface area contributed by atoms with Crippen molar-refractivity contribution in [3.05, 3.63) is 77.1 Å². The number of aliphatic hydroxyl groups excluding tert-OH is 1. The number of ether oxygens (including phenoxy) is 2. The van der Waals surface area contributed by atoms with Crippen LogP contribution in [0.5, 0.6) is 5.75 Å².